The summed E-state index contributed by atoms with van der Waals surface area (Å²) >= 11 is 5.87. The third kappa shape index (κ3) is 2.16. The van der Waals surface area contributed by atoms with Crippen LogP contribution in [0.2, 0.25) is 5.02 Å². The Labute approximate surface area is 134 Å². The second kappa shape index (κ2) is 5.43. The Morgan fingerprint density at radius 1 is 1.35 bits per heavy atom. The van der Waals surface area contributed by atoms with Crippen LogP contribution in [0.1, 0.15) is 0 Å². The highest BCUT2D eigenvalue weighted by atomic mass is 35.5. The Morgan fingerprint density at radius 3 is 2.70 bits per heavy atom. The van der Waals surface area contributed by atoms with E-state index in [1.807, 2.05) is 0 Å². The molecule has 10 heteroatoms. The van der Waals surface area contributed by atoms with E-state index in [1.165, 1.54) is 12.1 Å². The van der Waals surface area contributed by atoms with Crippen LogP contribution in [-0.4, -0.2) is 41.8 Å². The van der Waals surface area contributed by atoms with Crippen LogP contribution >= 0.6 is 11.6 Å². The van der Waals surface area contributed by atoms with Gasteiger partial charge >= 0.3 is 5.97 Å². The Hall–Kier alpha value is -2.81. The summed E-state index contributed by atoms with van der Waals surface area (Å²) in [5.74, 6) is -3.56. The van der Waals surface area contributed by atoms with E-state index in [0.29, 0.717) is 10.1 Å². The molecule has 1 aromatic carbocycles. The number of halogens is 1. The maximum Gasteiger partial charge on any atom is 0.355 e. The summed E-state index contributed by atoms with van der Waals surface area (Å²) in [5, 5.41) is 7.04. The Bertz CT molecular complexity index is 764. The molecule has 2 aliphatic rings. The molecular formula is C13H9ClN4O5. The van der Waals surface area contributed by atoms with Gasteiger partial charge in [-0.2, -0.15) is 0 Å². The molecule has 0 aromatic heterocycles. The Morgan fingerprint density at radius 2 is 2.09 bits per heavy atom. The van der Waals surface area contributed by atoms with Gasteiger partial charge < -0.3 is 4.74 Å². The van der Waals surface area contributed by atoms with Crippen LogP contribution in [0, 0.1) is 10.8 Å². The number of amides is 2. The van der Waals surface area contributed by atoms with Crippen molar-refractivity contribution in [1.29, 1.82) is 0 Å². The molecule has 1 aromatic rings. The number of nitroso groups, excluding NO2 is 1. The topological polar surface area (TPSA) is 109 Å². The number of anilines is 1. The number of esters is 1. The number of ether oxygens (including phenoxy) is 1. The summed E-state index contributed by atoms with van der Waals surface area (Å²) in [4.78, 5) is 48.6. The number of carbonyl (C=O) groups excluding carboxylic acids is 3. The number of fused-ring (bicyclic) bond motifs is 1. The molecule has 23 heavy (non-hydrogen) atoms. The maximum atomic E-state index is 12.6. The number of benzene rings is 1. The van der Waals surface area contributed by atoms with Crippen LogP contribution in [0.15, 0.2) is 34.7 Å². The van der Waals surface area contributed by atoms with E-state index in [2.05, 4.69) is 15.1 Å². The van der Waals surface area contributed by atoms with Gasteiger partial charge in [-0.15, -0.1) is 15.1 Å². The van der Waals surface area contributed by atoms with Gasteiger partial charge in [0.25, 0.3) is 5.91 Å². The van der Waals surface area contributed by atoms with Gasteiger partial charge in [0.15, 0.2) is 11.8 Å². The molecule has 2 atom stereocenters. The summed E-state index contributed by atoms with van der Waals surface area (Å²) in [7, 11) is 1.10. The minimum atomic E-state index is -1.30. The van der Waals surface area contributed by atoms with Crippen molar-refractivity contribution in [1.82, 2.24) is 5.12 Å². The summed E-state index contributed by atoms with van der Waals surface area (Å²) in [5.41, 5.74) is -0.100. The van der Waals surface area contributed by atoms with Crippen LogP contribution < -0.4 is 4.90 Å². The lowest BCUT2D eigenvalue weighted by molar-refractivity contribution is -0.133. The van der Waals surface area contributed by atoms with Crippen LogP contribution in [0.5, 0.6) is 0 Å². The molecule has 0 unspecified atom stereocenters. The van der Waals surface area contributed by atoms with Crippen LogP contribution in [-0.2, 0) is 19.1 Å². The fourth-order valence-corrected chi connectivity index (χ4v) is 2.79. The zero-order valence-electron chi connectivity index (χ0n) is 11.7. The number of imide groups is 1. The molecule has 3 rings (SSSR count). The van der Waals surface area contributed by atoms with Gasteiger partial charge in [-0.05, 0) is 18.2 Å². The van der Waals surface area contributed by atoms with Crippen molar-refractivity contribution < 1.29 is 19.1 Å². The van der Waals surface area contributed by atoms with Crippen LogP contribution in [0.3, 0.4) is 0 Å². The average molecular weight is 337 g/mol. The number of hydrogen-bond donors (Lipinski definition) is 0. The van der Waals surface area contributed by atoms with Crippen molar-refractivity contribution >= 4 is 40.8 Å². The molecule has 2 amide bonds. The molecule has 2 aliphatic heterocycles. The van der Waals surface area contributed by atoms with Crippen molar-refractivity contribution in [2.45, 2.75) is 6.04 Å². The summed E-state index contributed by atoms with van der Waals surface area (Å²) in [6.07, 6.45) is 0. The number of carbonyl (C=O) groups is 3. The highest BCUT2D eigenvalue weighted by molar-refractivity contribution is 6.46. The third-order valence-corrected chi connectivity index (χ3v) is 3.81. The van der Waals surface area contributed by atoms with Gasteiger partial charge in [-0.1, -0.05) is 17.7 Å². The van der Waals surface area contributed by atoms with E-state index in [4.69, 9.17) is 11.6 Å². The molecule has 0 aliphatic carbocycles. The molecule has 0 saturated carbocycles. The molecule has 118 valence electrons. The zero-order valence-corrected chi connectivity index (χ0v) is 12.4. The number of hydrogen-bond acceptors (Lipinski definition) is 7. The van der Waals surface area contributed by atoms with Crippen molar-refractivity contribution in [2.75, 3.05) is 12.0 Å². The van der Waals surface area contributed by atoms with E-state index >= 15 is 0 Å². The molecule has 1 saturated heterocycles. The minimum Gasteiger partial charge on any atom is -0.464 e. The quantitative estimate of drug-likeness (QED) is 0.457. The van der Waals surface area contributed by atoms with Gasteiger partial charge in [-0.3, -0.25) is 9.59 Å². The lowest BCUT2D eigenvalue weighted by atomic mass is 9.98. The molecule has 0 radical (unpaired) electrons. The molecule has 0 N–H and O–H groups in total. The van der Waals surface area contributed by atoms with E-state index in [-0.39, 0.29) is 11.4 Å². The smallest absolute Gasteiger partial charge is 0.355 e. The van der Waals surface area contributed by atoms with Crippen molar-refractivity contribution in [3.8, 4) is 0 Å². The Kier molecular flexibility index (Phi) is 3.57. The second-order valence-electron chi connectivity index (χ2n) is 4.79. The largest absolute Gasteiger partial charge is 0.464 e. The van der Waals surface area contributed by atoms with Gasteiger partial charge in [0.1, 0.15) is 5.92 Å². The van der Waals surface area contributed by atoms with Gasteiger partial charge in [0, 0.05) is 5.02 Å². The molecule has 1 fully saturated rings. The third-order valence-electron chi connectivity index (χ3n) is 3.57. The lowest BCUT2D eigenvalue weighted by Crippen LogP contribution is -2.36. The van der Waals surface area contributed by atoms with Crippen molar-refractivity contribution in [2.24, 2.45) is 16.3 Å². The number of nitrogens with zero attached hydrogens (tertiary/aromatic N) is 4. The first-order valence-electron chi connectivity index (χ1n) is 6.42. The van der Waals surface area contributed by atoms with E-state index < -0.39 is 29.7 Å². The highest BCUT2D eigenvalue weighted by Crippen LogP contribution is 2.36. The first-order valence-corrected chi connectivity index (χ1v) is 6.80. The van der Waals surface area contributed by atoms with Crippen LogP contribution in [0.25, 0.3) is 0 Å². The first kappa shape index (κ1) is 15.1. The SMILES string of the molecule is COC(=O)C1=NN(N=O)[C@@H]2C(=O)N(c3cccc(Cl)c3)C(=O)[C@H]12. The summed E-state index contributed by atoms with van der Waals surface area (Å²) in [6, 6.07) is 4.78. The monoisotopic (exact) mass is 336 g/mol. The second-order valence-corrected chi connectivity index (χ2v) is 5.23. The average Bonchev–Trinajstić information content (AvgIpc) is 3.04. The number of hydrazone groups is 1. The van der Waals surface area contributed by atoms with E-state index in [9.17, 15) is 19.3 Å². The Balaban J connectivity index is 2.05. The van der Waals surface area contributed by atoms with E-state index in [0.717, 1.165) is 12.0 Å². The fraction of sp³-hybridized carbons (Fsp3) is 0.231. The van der Waals surface area contributed by atoms with Gasteiger partial charge in [0.2, 0.25) is 5.91 Å². The standard InChI is InChI=1S/C13H9ClN4O5/c1-23-13(21)9-8-10(18(15-9)16-22)12(20)17(11(8)19)7-4-2-3-6(14)5-7/h2-5,8,10H,1H3/t8-,10+/m1/s1. The van der Waals surface area contributed by atoms with Gasteiger partial charge in [-0.25, -0.2) is 9.69 Å². The van der Waals surface area contributed by atoms with E-state index in [1.54, 1.807) is 12.1 Å². The molecule has 2 heterocycles. The minimum absolute atomic E-state index is 0.233. The number of methoxy groups -OCH3 is 1. The summed E-state index contributed by atoms with van der Waals surface area (Å²) < 4.78 is 4.54. The van der Waals surface area contributed by atoms with Crippen LogP contribution in [0.4, 0.5) is 5.69 Å². The molecule has 0 spiro atoms. The normalized spacial score (nSPS) is 23.0. The molecular weight excluding hydrogens is 328 g/mol. The van der Waals surface area contributed by atoms with Crippen molar-refractivity contribution in [3.63, 3.8) is 0 Å². The number of rotatable bonds is 3. The lowest BCUT2D eigenvalue weighted by Gasteiger charge is -2.16. The summed E-state index contributed by atoms with van der Waals surface area (Å²) in [6.45, 7) is 0. The fourth-order valence-electron chi connectivity index (χ4n) is 2.60. The maximum absolute atomic E-state index is 12.6. The molecule has 0 bridgehead atoms. The predicted octanol–water partition coefficient (Wildman–Crippen LogP) is 0.724. The van der Waals surface area contributed by atoms with Gasteiger partial charge in [0.05, 0.1) is 18.1 Å². The van der Waals surface area contributed by atoms with Crippen molar-refractivity contribution in [3.05, 3.63) is 34.2 Å². The highest BCUT2D eigenvalue weighted by Gasteiger charge is 2.59. The first-order chi connectivity index (χ1) is 11.0. The predicted molar refractivity (Wildman–Crippen MR) is 78.3 cm³/mol. The zero-order chi connectivity index (χ0) is 16.7. The molecule has 9 nitrogen and oxygen atoms in total.